The molecule has 0 saturated carbocycles. The Kier molecular flexibility index (Phi) is 15.0. The van der Waals surface area contributed by atoms with Gasteiger partial charge in [0.1, 0.15) is 30.2 Å². The minimum absolute atomic E-state index is 0.00433. The van der Waals surface area contributed by atoms with Crippen LogP contribution in [0.3, 0.4) is 0 Å². The minimum atomic E-state index is -4.65. The molecule has 0 radical (unpaired) electrons. The first-order valence-electron chi connectivity index (χ1n) is 20.9. The van der Waals surface area contributed by atoms with Crippen LogP contribution in [0.25, 0.3) is 55.6 Å². The van der Waals surface area contributed by atoms with Gasteiger partial charge in [-0.25, -0.2) is 15.0 Å². The van der Waals surface area contributed by atoms with Crippen LogP contribution < -0.4 is 16.7 Å². The van der Waals surface area contributed by atoms with Crippen LogP contribution in [0.2, 0.25) is 10.0 Å². The van der Waals surface area contributed by atoms with Gasteiger partial charge in [-0.1, -0.05) is 96.0 Å². The van der Waals surface area contributed by atoms with Gasteiger partial charge >= 0.3 is 18.5 Å². The molecule has 9 rings (SSSR count). The molecular weight excluding hydrogens is 974 g/mol. The summed E-state index contributed by atoms with van der Waals surface area (Å²) in [7, 11) is 0. The molecule has 0 aliphatic rings. The molecule has 0 spiro atoms. The Morgan fingerprint density at radius 2 is 0.829 bits per heavy atom. The number of aromatic nitrogens is 6. The van der Waals surface area contributed by atoms with E-state index in [-0.39, 0.29) is 39.1 Å². The largest absolute Gasteiger partial charge is 0.416 e. The molecule has 9 aromatic rings. The fourth-order valence-electron chi connectivity index (χ4n) is 7.33. The normalized spacial score (nSPS) is 11.8. The maximum atomic E-state index is 12.9. The van der Waals surface area contributed by atoms with E-state index < -0.39 is 48.3 Å². The van der Waals surface area contributed by atoms with Crippen molar-refractivity contribution in [2.24, 2.45) is 0 Å². The number of rotatable bonds is 7. The van der Waals surface area contributed by atoms with Crippen molar-refractivity contribution < 1.29 is 39.5 Å². The lowest BCUT2D eigenvalue weighted by Crippen LogP contribution is -2.30. The lowest BCUT2D eigenvalue weighted by molar-refractivity contribution is -0.141. The van der Waals surface area contributed by atoms with E-state index in [2.05, 4.69) is 15.0 Å². The van der Waals surface area contributed by atoms with E-state index in [1.54, 1.807) is 47.0 Å². The Morgan fingerprint density at radius 1 is 0.457 bits per heavy atom. The number of hydrogen-bond donors (Lipinski definition) is 0. The first-order valence-corrected chi connectivity index (χ1v) is 21.6. The minimum Gasteiger partial charge on any atom is -0.305 e. The number of para-hydroxylation sites is 6. The van der Waals surface area contributed by atoms with E-state index >= 15 is 0 Å². The molecule has 0 N–H and O–H groups in total. The van der Waals surface area contributed by atoms with Crippen molar-refractivity contribution in [1.82, 2.24) is 28.7 Å². The summed E-state index contributed by atoms with van der Waals surface area (Å²) in [6.45, 7) is -0.284. The van der Waals surface area contributed by atoms with Crippen molar-refractivity contribution in [3.8, 4) is 22.5 Å². The van der Waals surface area contributed by atoms with Gasteiger partial charge in [-0.05, 0) is 85.3 Å². The fourth-order valence-corrected chi connectivity index (χ4v) is 7.58. The van der Waals surface area contributed by atoms with Crippen molar-refractivity contribution >= 4 is 56.3 Å². The molecule has 9 nitrogen and oxygen atoms in total. The van der Waals surface area contributed by atoms with Crippen LogP contribution in [0.15, 0.2) is 160 Å². The predicted octanol–water partition coefficient (Wildman–Crippen LogP) is 12.6. The molecular formula is C50H35Cl2F9N6O3. The third kappa shape index (κ3) is 12.1. The predicted molar refractivity (Wildman–Crippen MR) is 251 cm³/mol. The Labute approximate surface area is 400 Å². The van der Waals surface area contributed by atoms with Gasteiger partial charge in [0, 0.05) is 34.1 Å². The van der Waals surface area contributed by atoms with Gasteiger partial charge < -0.3 is 4.57 Å². The van der Waals surface area contributed by atoms with Crippen molar-refractivity contribution in [1.29, 1.82) is 0 Å². The van der Waals surface area contributed by atoms with Crippen LogP contribution in [0, 0.1) is 0 Å². The third-order valence-corrected chi connectivity index (χ3v) is 11.0. The number of alkyl halides is 9. The van der Waals surface area contributed by atoms with E-state index in [1.807, 2.05) is 55.5 Å². The molecule has 70 heavy (non-hydrogen) atoms. The Hall–Kier alpha value is -7.31. The quantitative estimate of drug-likeness (QED) is 0.147. The molecule has 0 atom stereocenters. The zero-order chi connectivity index (χ0) is 50.5. The molecule has 0 aliphatic heterocycles. The number of halogens is 11. The van der Waals surface area contributed by atoms with Crippen LogP contribution in [-0.4, -0.2) is 41.0 Å². The lowest BCUT2D eigenvalue weighted by Gasteiger charge is -2.14. The maximum absolute atomic E-state index is 12.9. The summed E-state index contributed by atoms with van der Waals surface area (Å²) in [5, 5.41) is 1.15. The Balaban J connectivity index is 0.000000156. The number of benzene rings is 6. The van der Waals surface area contributed by atoms with Crippen LogP contribution in [0.5, 0.6) is 0 Å². The lowest BCUT2D eigenvalue weighted by atomic mass is 10.1. The summed E-state index contributed by atoms with van der Waals surface area (Å²) in [5.74, 6) is 0. The zero-order valence-electron chi connectivity index (χ0n) is 36.3. The van der Waals surface area contributed by atoms with E-state index in [1.165, 1.54) is 30.3 Å². The summed E-state index contributed by atoms with van der Waals surface area (Å²) in [6, 6.07) is 37.0. The van der Waals surface area contributed by atoms with E-state index in [9.17, 15) is 53.9 Å². The molecule has 360 valence electrons. The topological polar surface area (TPSA) is 105 Å². The van der Waals surface area contributed by atoms with Crippen LogP contribution in [0.1, 0.15) is 23.7 Å². The average Bonchev–Trinajstić information content (AvgIpc) is 3.31. The SMILES string of the molecule is CCn1c(=O)c(Cc2ccc(Cl)cc2)nc2ccccc21.O=c1c(-c2ccc(C(F)(F)F)cc2)nc2ccccc2n1CC(F)(F)F.O=c1c(-c2ccc(Cl)cc2)nc2ccccc2n1CC(F)(F)F. The van der Waals surface area contributed by atoms with E-state index in [0.29, 0.717) is 48.9 Å². The van der Waals surface area contributed by atoms with Gasteiger partial charge in [-0.15, -0.1) is 0 Å². The molecule has 3 aromatic heterocycles. The van der Waals surface area contributed by atoms with Gasteiger partial charge in [-0.2, -0.15) is 39.5 Å². The summed E-state index contributed by atoms with van der Waals surface area (Å²) >= 11 is 11.7. The molecule has 0 amide bonds. The fraction of sp³-hybridized carbons (Fsp3) is 0.160. The van der Waals surface area contributed by atoms with Crippen LogP contribution >= 0.6 is 23.2 Å². The number of fused-ring (bicyclic) bond motifs is 3. The van der Waals surface area contributed by atoms with Crippen molar-refractivity contribution in [2.75, 3.05) is 0 Å². The molecule has 20 heteroatoms. The van der Waals surface area contributed by atoms with Crippen molar-refractivity contribution in [3.63, 3.8) is 0 Å². The highest BCUT2D eigenvalue weighted by Crippen LogP contribution is 2.31. The monoisotopic (exact) mass is 1010 g/mol. The summed E-state index contributed by atoms with van der Waals surface area (Å²) in [6.07, 6.45) is -13.2. The second-order valence-electron chi connectivity index (χ2n) is 15.4. The van der Waals surface area contributed by atoms with Gasteiger partial charge in [0.05, 0.1) is 38.7 Å². The second kappa shape index (κ2) is 20.7. The van der Waals surface area contributed by atoms with Crippen molar-refractivity contribution in [3.05, 3.63) is 204 Å². The molecule has 0 aliphatic carbocycles. The highest BCUT2D eigenvalue weighted by atomic mass is 35.5. The highest BCUT2D eigenvalue weighted by Gasteiger charge is 2.32. The molecule has 0 fully saturated rings. The molecule has 6 aromatic carbocycles. The van der Waals surface area contributed by atoms with Crippen molar-refractivity contribution in [2.45, 2.75) is 51.5 Å². The smallest absolute Gasteiger partial charge is 0.305 e. The Bertz CT molecular complexity index is 3500. The van der Waals surface area contributed by atoms with Gasteiger partial charge in [-0.3, -0.25) is 23.5 Å². The number of hydrogen-bond acceptors (Lipinski definition) is 6. The molecule has 3 heterocycles. The van der Waals surface area contributed by atoms with E-state index in [0.717, 1.165) is 40.9 Å². The number of nitrogens with zero attached hydrogens (tertiary/aromatic N) is 6. The van der Waals surface area contributed by atoms with E-state index in [4.69, 9.17) is 23.2 Å². The van der Waals surface area contributed by atoms with Crippen LogP contribution in [0.4, 0.5) is 39.5 Å². The van der Waals surface area contributed by atoms with Gasteiger partial charge in [0.25, 0.3) is 16.7 Å². The molecule has 0 saturated heterocycles. The van der Waals surface area contributed by atoms with Gasteiger partial charge in [0.2, 0.25) is 0 Å². The first-order chi connectivity index (χ1) is 33.1. The average molecular weight is 1010 g/mol. The van der Waals surface area contributed by atoms with Gasteiger partial charge in [0.15, 0.2) is 0 Å². The van der Waals surface area contributed by atoms with Crippen LogP contribution in [-0.2, 0) is 32.2 Å². The Morgan fingerprint density at radius 3 is 1.23 bits per heavy atom. The standard InChI is InChI=1S/C17H15ClN2O.C17H10F6N2O.C16H10ClF3N2O/c1-2-20-16-6-4-3-5-14(16)19-15(17(20)21)11-12-7-9-13(18)10-8-12;18-16(19,20)9-25-13-4-2-1-3-12(13)24-14(15(25)26)10-5-7-11(8-6-10)17(21,22)23;17-11-7-5-10(6-8-11)14-15(23)22(9-16(18,19)20)13-4-2-1-3-12(13)21-14/h3-10H,2,11H2,1H3;1-8H,9H2;1-8H,9H2. The third-order valence-electron chi connectivity index (χ3n) is 10.5. The second-order valence-corrected chi connectivity index (χ2v) is 16.3. The zero-order valence-corrected chi connectivity index (χ0v) is 37.8. The molecule has 0 unspecified atom stereocenters. The molecule has 0 bridgehead atoms. The summed E-state index contributed by atoms with van der Waals surface area (Å²) in [4.78, 5) is 50.4. The highest BCUT2D eigenvalue weighted by molar-refractivity contribution is 6.30. The first kappa shape index (κ1) is 50.6. The summed E-state index contributed by atoms with van der Waals surface area (Å²) in [5.41, 5.74) is 1.18. The maximum Gasteiger partial charge on any atom is 0.416 e. The summed E-state index contributed by atoms with van der Waals surface area (Å²) < 4.78 is 118. The number of aryl methyl sites for hydroxylation is 1.